The number of rotatable bonds is 0. The zero-order chi connectivity index (χ0) is 18.4. The van der Waals surface area contributed by atoms with Crippen molar-refractivity contribution < 1.29 is 9.78 Å². The van der Waals surface area contributed by atoms with Gasteiger partial charge in [0.15, 0.2) is 0 Å². The number of hydrogen-bond donors (Lipinski definition) is 0. The monoisotopic (exact) mass is 364 g/mol. The van der Waals surface area contributed by atoms with E-state index in [9.17, 15) is 0 Å². The van der Waals surface area contributed by atoms with Crippen molar-refractivity contribution in [3.63, 3.8) is 0 Å². The second-order valence-electron chi connectivity index (χ2n) is 7.69. The van der Waals surface area contributed by atoms with Crippen LogP contribution in [0.1, 0.15) is 116 Å². The summed E-state index contributed by atoms with van der Waals surface area (Å²) in [6.45, 7) is 1.42. The first kappa shape index (κ1) is 23.4. The van der Waals surface area contributed by atoms with Gasteiger partial charge in [-0.2, -0.15) is 0 Å². The minimum absolute atomic E-state index is 0.683. The van der Waals surface area contributed by atoms with Gasteiger partial charge in [0.1, 0.15) is 0 Å². The minimum Gasteiger partial charge on any atom is -0.237 e. The Morgan fingerprint density at radius 3 is 1.15 bits per heavy atom. The fourth-order valence-electron chi connectivity index (χ4n) is 3.42. The molecule has 1 heterocycles. The molecule has 0 aromatic carbocycles. The van der Waals surface area contributed by atoms with Crippen LogP contribution in [0.25, 0.3) is 0 Å². The van der Waals surface area contributed by atoms with Crippen LogP contribution in [0.2, 0.25) is 0 Å². The van der Waals surface area contributed by atoms with E-state index in [4.69, 9.17) is 9.78 Å². The molecule has 2 heteroatoms. The summed E-state index contributed by atoms with van der Waals surface area (Å²) in [5.74, 6) is 0. The molecule has 0 bridgehead atoms. The molecule has 0 aliphatic carbocycles. The maximum absolute atomic E-state index is 5.25. The smallest absolute Gasteiger partial charge is 0.0856 e. The van der Waals surface area contributed by atoms with Crippen LogP contribution in [0.4, 0.5) is 0 Å². The zero-order valence-corrected chi connectivity index (χ0v) is 17.3. The second kappa shape index (κ2) is 20.7. The lowest BCUT2D eigenvalue weighted by Gasteiger charge is -2.03. The molecule has 0 unspecified atom stereocenters. The summed E-state index contributed by atoms with van der Waals surface area (Å²) < 4.78 is 0. The average molecular weight is 365 g/mol. The molecule has 1 aliphatic heterocycles. The maximum Gasteiger partial charge on any atom is 0.0856 e. The summed E-state index contributed by atoms with van der Waals surface area (Å²) in [4.78, 5) is 10.5. The molecule has 0 N–H and O–H groups in total. The van der Waals surface area contributed by atoms with Gasteiger partial charge >= 0.3 is 0 Å². The molecule has 0 amide bonds. The van der Waals surface area contributed by atoms with Gasteiger partial charge in [-0.3, -0.25) is 0 Å². The molecule has 0 aromatic heterocycles. The highest BCUT2D eigenvalue weighted by Gasteiger charge is 1.94. The minimum atomic E-state index is 0.683. The summed E-state index contributed by atoms with van der Waals surface area (Å²) in [6, 6.07) is 0. The predicted octanol–water partition coefficient (Wildman–Crippen LogP) is 8.08. The normalized spacial score (nSPS) is 22.8. The Kier molecular flexibility index (Phi) is 18.7. The van der Waals surface area contributed by atoms with E-state index in [1.165, 1.54) is 103 Å². The van der Waals surface area contributed by atoms with Crippen molar-refractivity contribution in [2.45, 2.75) is 116 Å². The highest BCUT2D eigenvalue weighted by molar-refractivity contribution is 4.81. The molecule has 0 fully saturated rings. The molecule has 152 valence electrons. The molecule has 0 radical (unpaired) electrons. The van der Waals surface area contributed by atoms with E-state index < -0.39 is 0 Å². The van der Waals surface area contributed by atoms with E-state index in [1.54, 1.807) is 0 Å². The average Bonchev–Trinajstić information content (AvgIpc) is 2.65. The molecule has 0 saturated heterocycles. The molecule has 0 spiro atoms. The van der Waals surface area contributed by atoms with Crippen LogP contribution in [-0.4, -0.2) is 13.2 Å². The van der Waals surface area contributed by atoms with E-state index in [0.717, 1.165) is 19.4 Å². The molecular weight excluding hydrogens is 320 g/mol. The quantitative estimate of drug-likeness (QED) is 0.319. The molecule has 26 heavy (non-hydrogen) atoms. The SMILES string of the molecule is C1=CCCCCCCCOOCCC=CCCCCCCCCCCC1. The number of allylic oxidation sites excluding steroid dienone is 3. The maximum atomic E-state index is 5.25. The Labute approximate surface area is 163 Å². The lowest BCUT2D eigenvalue weighted by molar-refractivity contribution is -0.293. The molecule has 1 aliphatic rings. The van der Waals surface area contributed by atoms with Gasteiger partial charge in [0.2, 0.25) is 0 Å². The van der Waals surface area contributed by atoms with E-state index >= 15 is 0 Å². The Bertz CT molecular complexity index is 262. The lowest BCUT2D eigenvalue weighted by atomic mass is 10.1. The molecule has 2 nitrogen and oxygen atoms in total. The molecular formula is C24H44O2. The summed E-state index contributed by atoms with van der Waals surface area (Å²) >= 11 is 0. The van der Waals surface area contributed by atoms with E-state index in [2.05, 4.69) is 24.3 Å². The van der Waals surface area contributed by atoms with Gasteiger partial charge in [-0.1, -0.05) is 88.5 Å². The van der Waals surface area contributed by atoms with Crippen molar-refractivity contribution in [2.24, 2.45) is 0 Å². The van der Waals surface area contributed by atoms with Crippen molar-refractivity contribution in [2.75, 3.05) is 13.2 Å². The van der Waals surface area contributed by atoms with E-state index in [0.29, 0.717) is 6.61 Å². The van der Waals surface area contributed by atoms with Gasteiger partial charge in [-0.05, 0) is 51.4 Å². The van der Waals surface area contributed by atoms with Gasteiger partial charge in [-0.25, -0.2) is 9.78 Å². The molecule has 1 rings (SSSR count). The van der Waals surface area contributed by atoms with Crippen molar-refractivity contribution >= 4 is 0 Å². The van der Waals surface area contributed by atoms with Crippen LogP contribution in [0.5, 0.6) is 0 Å². The Morgan fingerprint density at radius 1 is 0.308 bits per heavy atom. The van der Waals surface area contributed by atoms with Gasteiger partial charge in [0, 0.05) is 0 Å². The van der Waals surface area contributed by atoms with E-state index in [1.807, 2.05) is 0 Å². The van der Waals surface area contributed by atoms with Crippen LogP contribution < -0.4 is 0 Å². The summed E-state index contributed by atoms with van der Waals surface area (Å²) in [6.07, 6.45) is 33.1. The third-order valence-electron chi connectivity index (χ3n) is 5.12. The third kappa shape index (κ3) is 18.2. The largest absolute Gasteiger partial charge is 0.237 e. The molecule has 0 saturated carbocycles. The van der Waals surface area contributed by atoms with Crippen molar-refractivity contribution in [3.8, 4) is 0 Å². The highest BCUT2D eigenvalue weighted by atomic mass is 17.2. The van der Waals surface area contributed by atoms with Crippen molar-refractivity contribution in [1.82, 2.24) is 0 Å². The van der Waals surface area contributed by atoms with Crippen LogP contribution in [0.15, 0.2) is 24.3 Å². The highest BCUT2D eigenvalue weighted by Crippen LogP contribution is 2.12. The van der Waals surface area contributed by atoms with E-state index in [-0.39, 0.29) is 0 Å². The first-order valence-corrected chi connectivity index (χ1v) is 11.5. The second-order valence-corrected chi connectivity index (χ2v) is 7.69. The standard InChI is InChI=1S/C24H44O2/c1-2-4-6-8-10-12-14-16-18-20-22-24-26-25-23-21-19-17-15-13-11-9-7-5-3-1/h7,9,18,20H,1-6,8,10-17,19,21-24H2. The first-order chi connectivity index (χ1) is 13.0. The third-order valence-corrected chi connectivity index (χ3v) is 5.12. The summed E-state index contributed by atoms with van der Waals surface area (Å²) in [7, 11) is 0. The van der Waals surface area contributed by atoms with Gasteiger partial charge in [-0.15, -0.1) is 0 Å². The van der Waals surface area contributed by atoms with Gasteiger partial charge in [0.25, 0.3) is 0 Å². The number of hydrogen-bond acceptors (Lipinski definition) is 2. The van der Waals surface area contributed by atoms with Crippen molar-refractivity contribution in [3.05, 3.63) is 24.3 Å². The van der Waals surface area contributed by atoms with Crippen LogP contribution in [-0.2, 0) is 9.78 Å². The van der Waals surface area contributed by atoms with Crippen LogP contribution in [0, 0.1) is 0 Å². The zero-order valence-electron chi connectivity index (χ0n) is 17.3. The summed E-state index contributed by atoms with van der Waals surface area (Å²) in [5.41, 5.74) is 0. The van der Waals surface area contributed by atoms with Crippen LogP contribution in [0.3, 0.4) is 0 Å². The predicted molar refractivity (Wildman–Crippen MR) is 113 cm³/mol. The first-order valence-electron chi connectivity index (χ1n) is 11.5. The Balaban J connectivity index is 2.08. The van der Waals surface area contributed by atoms with Gasteiger partial charge in [0.05, 0.1) is 13.2 Å². The lowest BCUT2D eigenvalue weighted by Crippen LogP contribution is -1.98. The Hall–Kier alpha value is -0.600. The molecule has 0 atom stereocenters. The Morgan fingerprint density at radius 2 is 0.654 bits per heavy atom. The topological polar surface area (TPSA) is 18.5 Å². The fourth-order valence-corrected chi connectivity index (χ4v) is 3.42. The summed E-state index contributed by atoms with van der Waals surface area (Å²) in [5, 5.41) is 0. The van der Waals surface area contributed by atoms with Crippen LogP contribution >= 0.6 is 0 Å². The van der Waals surface area contributed by atoms with Gasteiger partial charge < -0.3 is 0 Å². The fraction of sp³-hybridized carbons (Fsp3) is 0.833. The molecule has 0 aromatic rings. The van der Waals surface area contributed by atoms with Crippen molar-refractivity contribution in [1.29, 1.82) is 0 Å².